The van der Waals surface area contributed by atoms with Crippen LogP contribution in [0.1, 0.15) is 32.4 Å². The number of halogens is 2. The van der Waals surface area contributed by atoms with Gasteiger partial charge in [0.2, 0.25) is 5.91 Å². The van der Waals surface area contributed by atoms with Gasteiger partial charge in [-0.1, -0.05) is 71.7 Å². The third-order valence-electron chi connectivity index (χ3n) is 5.36. The Kier molecular flexibility index (Phi) is 7.40. The van der Waals surface area contributed by atoms with Crippen molar-refractivity contribution >= 4 is 46.8 Å². The Morgan fingerprint density at radius 2 is 1.78 bits per heavy atom. The first-order valence-corrected chi connectivity index (χ1v) is 12.1. The topological polar surface area (TPSA) is 49.4 Å². The molecular formula is C25H22Cl2N2O2S. The molecule has 1 aliphatic heterocycles. The van der Waals surface area contributed by atoms with Crippen LogP contribution in [0.4, 0.5) is 0 Å². The van der Waals surface area contributed by atoms with Crippen molar-refractivity contribution in [3.63, 3.8) is 0 Å². The van der Waals surface area contributed by atoms with Crippen LogP contribution in [0.25, 0.3) is 0 Å². The molecule has 0 radical (unpaired) electrons. The van der Waals surface area contributed by atoms with E-state index in [9.17, 15) is 9.59 Å². The Morgan fingerprint density at radius 1 is 1.03 bits per heavy atom. The normalized spacial score (nSPS) is 15.8. The average Bonchev–Trinajstić information content (AvgIpc) is 3.18. The number of nitrogens with one attached hydrogen (secondary N) is 1. The van der Waals surface area contributed by atoms with Crippen molar-refractivity contribution in [2.45, 2.75) is 18.3 Å². The van der Waals surface area contributed by atoms with Gasteiger partial charge in [0.15, 0.2) is 0 Å². The highest BCUT2D eigenvalue weighted by atomic mass is 35.5. The van der Waals surface area contributed by atoms with Crippen LogP contribution in [0, 0.1) is 0 Å². The molecule has 0 aliphatic carbocycles. The smallest absolute Gasteiger partial charge is 0.251 e. The molecule has 0 spiro atoms. The summed E-state index contributed by atoms with van der Waals surface area (Å²) in [6, 6.07) is 22.8. The molecular weight excluding hydrogens is 463 g/mol. The van der Waals surface area contributed by atoms with Gasteiger partial charge in [0, 0.05) is 28.7 Å². The fraction of sp³-hybridized carbons (Fsp3) is 0.200. The minimum absolute atomic E-state index is 0.0313. The molecule has 2 amide bonds. The second-order valence-corrected chi connectivity index (χ2v) is 9.44. The summed E-state index contributed by atoms with van der Waals surface area (Å²) < 4.78 is 0. The predicted molar refractivity (Wildman–Crippen MR) is 131 cm³/mol. The van der Waals surface area contributed by atoms with E-state index in [4.69, 9.17) is 23.2 Å². The van der Waals surface area contributed by atoms with Crippen LogP contribution in [-0.2, 0) is 17.8 Å². The van der Waals surface area contributed by atoms with Crippen molar-refractivity contribution in [3.8, 4) is 0 Å². The van der Waals surface area contributed by atoms with Gasteiger partial charge in [-0.05, 0) is 47.4 Å². The number of carbonyl (C=O) groups excluding carboxylic acids is 2. The number of thioether (sulfide) groups is 1. The van der Waals surface area contributed by atoms with Gasteiger partial charge < -0.3 is 10.2 Å². The second kappa shape index (κ2) is 10.4. The Balaban J connectivity index is 1.38. The summed E-state index contributed by atoms with van der Waals surface area (Å²) in [7, 11) is 0. The maximum Gasteiger partial charge on any atom is 0.251 e. The van der Waals surface area contributed by atoms with Crippen LogP contribution in [0.5, 0.6) is 0 Å². The van der Waals surface area contributed by atoms with Crippen molar-refractivity contribution in [3.05, 3.63) is 105 Å². The van der Waals surface area contributed by atoms with E-state index in [0.717, 1.165) is 17.5 Å². The molecule has 3 aromatic carbocycles. The first kappa shape index (κ1) is 22.7. The summed E-state index contributed by atoms with van der Waals surface area (Å²) in [5, 5.41) is 3.93. The highest BCUT2D eigenvalue weighted by Crippen LogP contribution is 2.38. The minimum atomic E-state index is -0.182. The van der Waals surface area contributed by atoms with E-state index in [2.05, 4.69) is 17.4 Å². The van der Waals surface area contributed by atoms with Gasteiger partial charge in [-0.25, -0.2) is 0 Å². The van der Waals surface area contributed by atoms with Gasteiger partial charge in [-0.15, -0.1) is 11.8 Å². The standard InChI is InChI=1S/C25H22Cl2N2O2S/c26-21-11-10-20(22(27)14-21)15-28-24(31)18-6-8-19(9-7-18)25-29(23(30)16-32-25)13-12-17-4-2-1-3-5-17/h1-11,14,25H,12-13,15-16H2,(H,28,31). The lowest BCUT2D eigenvalue weighted by atomic mass is 10.1. The molecule has 1 heterocycles. The molecule has 0 bridgehead atoms. The minimum Gasteiger partial charge on any atom is -0.348 e. The van der Waals surface area contributed by atoms with Gasteiger partial charge in [0.1, 0.15) is 5.37 Å². The number of nitrogens with zero attached hydrogens (tertiary/aromatic N) is 1. The number of rotatable bonds is 7. The highest BCUT2D eigenvalue weighted by molar-refractivity contribution is 8.00. The fourth-order valence-corrected chi connectivity index (χ4v) is 5.30. The molecule has 1 fully saturated rings. The Labute approximate surface area is 201 Å². The Morgan fingerprint density at radius 3 is 2.50 bits per heavy atom. The van der Waals surface area contributed by atoms with E-state index < -0.39 is 0 Å². The molecule has 32 heavy (non-hydrogen) atoms. The molecule has 0 aromatic heterocycles. The zero-order valence-corrected chi connectivity index (χ0v) is 19.6. The van der Waals surface area contributed by atoms with Gasteiger partial charge >= 0.3 is 0 Å². The maximum absolute atomic E-state index is 12.6. The molecule has 3 aromatic rings. The molecule has 1 aliphatic rings. The average molecular weight is 485 g/mol. The van der Waals surface area contributed by atoms with Gasteiger partial charge in [-0.2, -0.15) is 0 Å². The van der Waals surface area contributed by atoms with E-state index in [1.54, 1.807) is 42.1 Å². The maximum atomic E-state index is 12.6. The Bertz CT molecular complexity index is 1110. The van der Waals surface area contributed by atoms with Crippen LogP contribution >= 0.6 is 35.0 Å². The van der Waals surface area contributed by atoms with Crippen molar-refractivity contribution in [1.29, 1.82) is 0 Å². The van der Waals surface area contributed by atoms with Crippen molar-refractivity contribution in [2.75, 3.05) is 12.3 Å². The summed E-state index contributed by atoms with van der Waals surface area (Å²) in [6.45, 7) is 0.988. The van der Waals surface area contributed by atoms with Gasteiger partial charge in [0.25, 0.3) is 5.91 Å². The summed E-state index contributed by atoms with van der Waals surface area (Å²) in [6.07, 6.45) is 0.817. The third kappa shape index (κ3) is 5.47. The predicted octanol–water partition coefficient (Wildman–Crippen LogP) is 5.74. The van der Waals surface area contributed by atoms with E-state index in [0.29, 0.717) is 34.5 Å². The van der Waals surface area contributed by atoms with Crippen LogP contribution in [0.15, 0.2) is 72.8 Å². The fourth-order valence-electron chi connectivity index (χ4n) is 3.61. The molecule has 4 nitrogen and oxygen atoms in total. The third-order valence-corrected chi connectivity index (χ3v) is 7.21. The first-order chi connectivity index (χ1) is 15.5. The molecule has 1 N–H and O–H groups in total. The first-order valence-electron chi connectivity index (χ1n) is 10.3. The van der Waals surface area contributed by atoms with E-state index in [1.165, 1.54) is 5.56 Å². The summed E-state index contributed by atoms with van der Waals surface area (Å²) >= 11 is 13.7. The Hall–Kier alpha value is -2.47. The molecule has 0 saturated carbocycles. The molecule has 4 rings (SSSR count). The van der Waals surface area contributed by atoms with Crippen molar-refractivity contribution in [1.82, 2.24) is 10.2 Å². The lowest BCUT2D eigenvalue weighted by Crippen LogP contribution is -2.30. The lowest BCUT2D eigenvalue weighted by Gasteiger charge is -2.24. The van der Waals surface area contributed by atoms with Gasteiger partial charge in [0.05, 0.1) is 5.75 Å². The quantitative estimate of drug-likeness (QED) is 0.464. The lowest BCUT2D eigenvalue weighted by molar-refractivity contribution is -0.128. The zero-order chi connectivity index (χ0) is 22.5. The highest BCUT2D eigenvalue weighted by Gasteiger charge is 2.32. The molecule has 1 unspecified atom stereocenters. The number of hydrogen-bond acceptors (Lipinski definition) is 3. The number of benzene rings is 3. The van der Waals surface area contributed by atoms with Crippen molar-refractivity contribution < 1.29 is 9.59 Å². The summed E-state index contributed by atoms with van der Waals surface area (Å²) in [5.74, 6) is 0.444. The summed E-state index contributed by atoms with van der Waals surface area (Å²) in [5.41, 5.74) is 3.59. The van der Waals surface area contributed by atoms with Crippen LogP contribution in [-0.4, -0.2) is 29.0 Å². The van der Waals surface area contributed by atoms with Crippen LogP contribution < -0.4 is 5.32 Å². The zero-order valence-electron chi connectivity index (χ0n) is 17.3. The second-order valence-electron chi connectivity index (χ2n) is 7.53. The molecule has 1 saturated heterocycles. The monoisotopic (exact) mass is 484 g/mol. The molecule has 7 heteroatoms. The van der Waals surface area contributed by atoms with Crippen LogP contribution in [0.2, 0.25) is 10.0 Å². The summed E-state index contributed by atoms with van der Waals surface area (Å²) in [4.78, 5) is 26.9. The largest absolute Gasteiger partial charge is 0.348 e. The number of carbonyl (C=O) groups is 2. The molecule has 1 atom stereocenters. The van der Waals surface area contributed by atoms with E-state index >= 15 is 0 Å². The van der Waals surface area contributed by atoms with Crippen molar-refractivity contribution in [2.24, 2.45) is 0 Å². The SMILES string of the molecule is O=C(NCc1ccc(Cl)cc1Cl)c1ccc(C2SCC(=O)N2CCc2ccccc2)cc1. The molecule has 164 valence electrons. The number of amides is 2. The van der Waals surface area contributed by atoms with E-state index in [-0.39, 0.29) is 17.2 Å². The van der Waals surface area contributed by atoms with Gasteiger partial charge in [-0.3, -0.25) is 9.59 Å². The number of hydrogen-bond donors (Lipinski definition) is 1. The van der Waals surface area contributed by atoms with Crippen LogP contribution in [0.3, 0.4) is 0 Å². The van der Waals surface area contributed by atoms with E-state index in [1.807, 2.05) is 35.2 Å².